The van der Waals surface area contributed by atoms with E-state index in [0.29, 0.717) is 17.8 Å². The Morgan fingerprint density at radius 1 is 1.15 bits per heavy atom. The SMILES string of the molecule is CCNC(=O)c1cccc(NC(=O)CN2C(=O)CC3(CCCCC3)C2=O)c1. The minimum Gasteiger partial charge on any atom is -0.352 e. The number of rotatable bonds is 5. The molecule has 4 amide bonds. The molecular weight excluding hydrogens is 346 g/mol. The molecule has 1 aliphatic heterocycles. The standard InChI is InChI=1S/C20H25N3O4/c1-2-21-18(26)14-7-6-8-15(11-14)22-16(24)13-23-17(25)12-20(19(23)27)9-4-3-5-10-20/h6-8,11H,2-5,9-10,12-13H2,1H3,(H,21,26)(H,22,24). The fourth-order valence-corrected chi connectivity index (χ4v) is 3.98. The molecule has 2 N–H and O–H groups in total. The number of amides is 4. The lowest BCUT2D eigenvalue weighted by Crippen LogP contribution is -2.41. The quantitative estimate of drug-likeness (QED) is 0.775. The molecular formula is C20H25N3O4. The van der Waals surface area contributed by atoms with Gasteiger partial charge >= 0.3 is 0 Å². The molecule has 1 aliphatic carbocycles. The van der Waals surface area contributed by atoms with Gasteiger partial charge in [-0.05, 0) is 38.0 Å². The molecule has 0 aromatic heterocycles. The topological polar surface area (TPSA) is 95.6 Å². The molecule has 1 aromatic rings. The van der Waals surface area contributed by atoms with Gasteiger partial charge in [0, 0.05) is 24.2 Å². The Bertz CT molecular complexity index is 768. The van der Waals surface area contributed by atoms with Crippen LogP contribution in [0.3, 0.4) is 0 Å². The number of carbonyl (C=O) groups excluding carboxylic acids is 4. The van der Waals surface area contributed by atoms with E-state index in [1.165, 1.54) is 0 Å². The fourth-order valence-electron chi connectivity index (χ4n) is 3.98. The number of nitrogens with zero attached hydrogens (tertiary/aromatic N) is 1. The van der Waals surface area contributed by atoms with Crippen molar-refractivity contribution in [2.75, 3.05) is 18.4 Å². The van der Waals surface area contributed by atoms with E-state index in [-0.39, 0.29) is 30.7 Å². The third-order valence-electron chi connectivity index (χ3n) is 5.35. The molecule has 0 radical (unpaired) electrons. The van der Waals surface area contributed by atoms with Crippen molar-refractivity contribution in [3.63, 3.8) is 0 Å². The summed E-state index contributed by atoms with van der Waals surface area (Å²) in [5.74, 6) is -1.15. The van der Waals surface area contributed by atoms with Crippen LogP contribution in [0.15, 0.2) is 24.3 Å². The minimum atomic E-state index is -0.590. The van der Waals surface area contributed by atoms with Gasteiger partial charge < -0.3 is 10.6 Å². The summed E-state index contributed by atoms with van der Waals surface area (Å²) in [5.41, 5.74) is 0.299. The van der Waals surface area contributed by atoms with Crippen molar-refractivity contribution in [1.29, 1.82) is 0 Å². The Morgan fingerprint density at radius 2 is 1.89 bits per heavy atom. The summed E-state index contributed by atoms with van der Waals surface area (Å²) in [6.45, 7) is 2.05. The van der Waals surface area contributed by atoms with Crippen LogP contribution in [0.5, 0.6) is 0 Å². The van der Waals surface area contributed by atoms with Crippen molar-refractivity contribution >= 4 is 29.3 Å². The van der Waals surface area contributed by atoms with Gasteiger partial charge in [0.25, 0.3) is 5.91 Å². The van der Waals surface area contributed by atoms with Crippen molar-refractivity contribution in [2.45, 2.75) is 45.4 Å². The first-order valence-corrected chi connectivity index (χ1v) is 9.48. The molecule has 7 nitrogen and oxygen atoms in total. The molecule has 27 heavy (non-hydrogen) atoms. The number of imide groups is 1. The third kappa shape index (κ3) is 4.02. The molecule has 7 heteroatoms. The minimum absolute atomic E-state index is 0.210. The zero-order chi connectivity index (χ0) is 19.4. The second-order valence-electron chi connectivity index (χ2n) is 7.29. The Hall–Kier alpha value is -2.70. The highest BCUT2D eigenvalue weighted by Gasteiger charge is 2.51. The molecule has 0 unspecified atom stereocenters. The lowest BCUT2D eigenvalue weighted by atomic mass is 9.73. The highest BCUT2D eigenvalue weighted by Crippen LogP contribution is 2.45. The molecule has 1 saturated carbocycles. The maximum atomic E-state index is 12.8. The first-order chi connectivity index (χ1) is 12.9. The van der Waals surface area contributed by atoms with Crippen molar-refractivity contribution in [2.24, 2.45) is 5.41 Å². The number of carbonyl (C=O) groups is 4. The van der Waals surface area contributed by atoms with Crippen molar-refractivity contribution in [1.82, 2.24) is 10.2 Å². The summed E-state index contributed by atoms with van der Waals surface area (Å²) in [4.78, 5) is 50.5. The van der Waals surface area contributed by atoms with Crippen LogP contribution < -0.4 is 10.6 Å². The number of hydrogen-bond acceptors (Lipinski definition) is 4. The van der Waals surface area contributed by atoms with Gasteiger partial charge in [0.15, 0.2) is 0 Å². The van der Waals surface area contributed by atoms with Crippen molar-refractivity contribution in [3.05, 3.63) is 29.8 Å². The maximum absolute atomic E-state index is 12.8. The highest BCUT2D eigenvalue weighted by atomic mass is 16.2. The predicted octanol–water partition coefficient (Wildman–Crippen LogP) is 2.08. The zero-order valence-corrected chi connectivity index (χ0v) is 15.5. The van der Waals surface area contributed by atoms with E-state index in [4.69, 9.17) is 0 Å². The molecule has 3 rings (SSSR count). The normalized spacial score (nSPS) is 18.6. The summed E-state index contributed by atoms with van der Waals surface area (Å²) < 4.78 is 0. The molecule has 144 valence electrons. The maximum Gasteiger partial charge on any atom is 0.251 e. The van der Waals surface area contributed by atoms with Crippen molar-refractivity contribution in [3.8, 4) is 0 Å². The Labute approximate surface area is 158 Å². The smallest absolute Gasteiger partial charge is 0.251 e. The molecule has 2 fully saturated rings. The molecule has 0 atom stereocenters. The van der Waals surface area contributed by atoms with Crippen LogP contribution in [0.25, 0.3) is 0 Å². The van der Waals surface area contributed by atoms with Crippen LogP contribution in [0, 0.1) is 5.41 Å². The lowest BCUT2D eigenvalue weighted by molar-refractivity contribution is -0.144. The van der Waals surface area contributed by atoms with E-state index < -0.39 is 11.3 Å². The first-order valence-electron chi connectivity index (χ1n) is 9.48. The van der Waals surface area contributed by atoms with E-state index in [0.717, 1.165) is 37.0 Å². The summed E-state index contributed by atoms with van der Waals surface area (Å²) in [6, 6.07) is 6.56. The highest BCUT2D eigenvalue weighted by molar-refractivity contribution is 6.09. The van der Waals surface area contributed by atoms with Crippen LogP contribution in [0.2, 0.25) is 0 Å². The van der Waals surface area contributed by atoms with Gasteiger partial charge in [-0.1, -0.05) is 25.3 Å². The van der Waals surface area contributed by atoms with Gasteiger partial charge in [0.2, 0.25) is 17.7 Å². The second-order valence-corrected chi connectivity index (χ2v) is 7.29. The molecule has 1 aromatic carbocycles. The zero-order valence-electron chi connectivity index (χ0n) is 15.5. The van der Waals surface area contributed by atoms with Crippen LogP contribution in [0.4, 0.5) is 5.69 Å². The third-order valence-corrected chi connectivity index (χ3v) is 5.35. The molecule has 0 bridgehead atoms. The molecule has 1 spiro atoms. The molecule has 1 saturated heterocycles. The number of hydrogen-bond donors (Lipinski definition) is 2. The van der Waals surface area contributed by atoms with Crippen molar-refractivity contribution < 1.29 is 19.2 Å². The van der Waals surface area contributed by atoms with E-state index >= 15 is 0 Å². The Kier molecular flexibility index (Phi) is 5.58. The van der Waals surface area contributed by atoms with Gasteiger partial charge in [-0.15, -0.1) is 0 Å². The van der Waals surface area contributed by atoms with E-state index in [1.54, 1.807) is 24.3 Å². The predicted molar refractivity (Wildman–Crippen MR) is 99.9 cm³/mol. The number of nitrogens with one attached hydrogen (secondary N) is 2. The van der Waals surface area contributed by atoms with Crippen LogP contribution in [-0.4, -0.2) is 41.6 Å². The molecule has 2 aliphatic rings. The lowest BCUT2D eigenvalue weighted by Gasteiger charge is -2.30. The number of benzene rings is 1. The Morgan fingerprint density at radius 3 is 2.59 bits per heavy atom. The van der Waals surface area contributed by atoms with Gasteiger partial charge in [-0.3, -0.25) is 24.1 Å². The largest absolute Gasteiger partial charge is 0.352 e. The Balaban J connectivity index is 1.64. The summed E-state index contributed by atoms with van der Waals surface area (Å²) in [7, 11) is 0. The summed E-state index contributed by atoms with van der Waals surface area (Å²) in [5, 5.41) is 5.37. The van der Waals surface area contributed by atoms with Gasteiger partial charge in [0.1, 0.15) is 6.54 Å². The average Bonchev–Trinajstić information content (AvgIpc) is 2.87. The van der Waals surface area contributed by atoms with Crippen LogP contribution in [0.1, 0.15) is 55.8 Å². The summed E-state index contributed by atoms with van der Waals surface area (Å²) >= 11 is 0. The van der Waals surface area contributed by atoms with Gasteiger partial charge in [-0.25, -0.2) is 0 Å². The van der Waals surface area contributed by atoms with Crippen LogP contribution in [-0.2, 0) is 14.4 Å². The fraction of sp³-hybridized carbons (Fsp3) is 0.500. The van der Waals surface area contributed by atoms with E-state index in [2.05, 4.69) is 10.6 Å². The second kappa shape index (κ2) is 7.90. The monoisotopic (exact) mass is 371 g/mol. The molecule has 1 heterocycles. The average molecular weight is 371 g/mol. The summed E-state index contributed by atoms with van der Waals surface area (Å²) in [6.07, 6.45) is 4.66. The number of anilines is 1. The van der Waals surface area contributed by atoms with Crippen LogP contribution >= 0.6 is 0 Å². The van der Waals surface area contributed by atoms with E-state index in [9.17, 15) is 19.2 Å². The first kappa shape index (κ1) is 19.1. The number of likely N-dealkylation sites (tertiary alicyclic amines) is 1. The van der Waals surface area contributed by atoms with E-state index in [1.807, 2.05) is 6.92 Å². The van der Waals surface area contributed by atoms with Gasteiger partial charge in [0.05, 0.1) is 5.41 Å². The van der Waals surface area contributed by atoms with Gasteiger partial charge in [-0.2, -0.15) is 0 Å².